The smallest absolute Gasteiger partial charge is 0.338 e. The minimum atomic E-state index is -3.61. The molecule has 0 bridgehead atoms. The standard InChI is InChI=1S/C17H24N2O7S2/c1-4-19(14-9-10-27(22,23)12-14)16(20)11-26-17(21)13-5-7-15(8-6-13)28(24,25)18(2)3/h5-8,14H,4,9-12H2,1-3H3. The average Bonchev–Trinajstić information content (AvgIpc) is 2.99. The van der Waals surface area contributed by atoms with Crippen molar-refractivity contribution in [3.63, 3.8) is 0 Å². The molecule has 1 aliphatic heterocycles. The highest BCUT2D eigenvalue weighted by atomic mass is 32.2. The molecule has 0 aliphatic carbocycles. The van der Waals surface area contributed by atoms with Crippen molar-refractivity contribution in [3.8, 4) is 0 Å². The van der Waals surface area contributed by atoms with Gasteiger partial charge in [0.25, 0.3) is 5.91 Å². The van der Waals surface area contributed by atoms with Crippen molar-refractivity contribution >= 4 is 31.7 Å². The summed E-state index contributed by atoms with van der Waals surface area (Å²) < 4.78 is 53.3. The van der Waals surface area contributed by atoms with Crippen molar-refractivity contribution in [2.45, 2.75) is 24.3 Å². The summed E-state index contributed by atoms with van der Waals surface area (Å²) in [5.41, 5.74) is 0.108. The summed E-state index contributed by atoms with van der Waals surface area (Å²) in [6.45, 7) is 1.53. The minimum Gasteiger partial charge on any atom is -0.452 e. The molecule has 1 amide bonds. The SMILES string of the molecule is CCN(C(=O)COC(=O)c1ccc(S(=O)(=O)N(C)C)cc1)C1CCS(=O)(=O)C1. The number of carbonyl (C=O) groups excluding carboxylic acids is 2. The Labute approximate surface area is 165 Å². The van der Waals surface area contributed by atoms with Gasteiger partial charge in [0.1, 0.15) is 0 Å². The second-order valence-corrected chi connectivity index (χ2v) is 11.0. The summed E-state index contributed by atoms with van der Waals surface area (Å²) in [6.07, 6.45) is 0.373. The van der Waals surface area contributed by atoms with E-state index >= 15 is 0 Å². The maximum atomic E-state index is 12.3. The van der Waals surface area contributed by atoms with Crippen molar-refractivity contribution in [1.29, 1.82) is 0 Å². The molecule has 156 valence electrons. The van der Waals surface area contributed by atoms with Crippen LogP contribution >= 0.6 is 0 Å². The van der Waals surface area contributed by atoms with E-state index in [-0.39, 0.29) is 22.0 Å². The number of hydrogen-bond acceptors (Lipinski definition) is 7. The third-order valence-electron chi connectivity index (χ3n) is 4.51. The van der Waals surface area contributed by atoms with Crippen molar-refractivity contribution < 1.29 is 31.2 Å². The number of nitrogens with zero attached hydrogens (tertiary/aromatic N) is 2. The van der Waals surface area contributed by atoms with Gasteiger partial charge in [0.05, 0.1) is 22.0 Å². The number of esters is 1. The number of rotatable bonds is 7. The molecule has 0 radical (unpaired) electrons. The van der Waals surface area contributed by atoms with Crippen LogP contribution in [0, 0.1) is 0 Å². The molecule has 2 rings (SSSR count). The van der Waals surface area contributed by atoms with Gasteiger partial charge in [-0.1, -0.05) is 0 Å². The third-order valence-corrected chi connectivity index (χ3v) is 8.09. The summed E-state index contributed by atoms with van der Waals surface area (Å²) in [5.74, 6) is -1.27. The Bertz CT molecular complexity index is 938. The molecule has 1 unspecified atom stereocenters. The molecule has 1 atom stereocenters. The van der Waals surface area contributed by atoms with Gasteiger partial charge in [-0.25, -0.2) is 25.9 Å². The van der Waals surface area contributed by atoms with Crippen LogP contribution in [0.25, 0.3) is 0 Å². The van der Waals surface area contributed by atoms with Crippen LogP contribution in [0.5, 0.6) is 0 Å². The first-order valence-electron chi connectivity index (χ1n) is 8.67. The maximum Gasteiger partial charge on any atom is 0.338 e. The van der Waals surface area contributed by atoms with E-state index < -0.39 is 44.4 Å². The second-order valence-electron chi connectivity index (χ2n) is 6.62. The summed E-state index contributed by atoms with van der Waals surface area (Å²) in [6, 6.07) is 4.79. The molecule has 1 heterocycles. The van der Waals surface area contributed by atoms with Crippen molar-refractivity contribution in [3.05, 3.63) is 29.8 Å². The largest absolute Gasteiger partial charge is 0.452 e. The van der Waals surface area contributed by atoms with Gasteiger partial charge in [-0.3, -0.25) is 4.79 Å². The van der Waals surface area contributed by atoms with Gasteiger partial charge in [-0.2, -0.15) is 0 Å². The van der Waals surface area contributed by atoms with Crippen LogP contribution in [0.2, 0.25) is 0 Å². The normalized spacial score (nSPS) is 18.8. The number of sulfonamides is 1. The molecule has 1 aliphatic rings. The lowest BCUT2D eigenvalue weighted by molar-refractivity contribution is -0.136. The molecule has 1 saturated heterocycles. The molecule has 0 saturated carbocycles. The number of amides is 1. The highest BCUT2D eigenvalue weighted by Crippen LogP contribution is 2.18. The van der Waals surface area contributed by atoms with E-state index in [9.17, 15) is 26.4 Å². The molecule has 0 spiro atoms. The zero-order valence-electron chi connectivity index (χ0n) is 16.0. The number of ether oxygens (including phenoxy) is 1. The lowest BCUT2D eigenvalue weighted by Gasteiger charge is -2.26. The topological polar surface area (TPSA) is 118 Å². The van der Waals surface area contributed by atoms with E-state index in [1.807, 2.05) is 0 Å². The summed E-state index contributed by atoms with van der Waals surface area (Å²) in [5, 5.41) is 0. The number of likely N-dealkylation sites (N-methyl/N-ethyl adjacent to an activating group) is 1. The average molecular weight is 433 g/mol. The zero-order valence-corrected chi connectivity index (χ0v) is 17.6. The number of carbonyl (C=O) groups is 2. The fourth-order valence-electron chi connectivity index (χ4n) is 2.93. The Morgan fingerprint density at radius 1 is 1.18 bits per heavy atom. The highest BCUT2D eigenvalue weighted by molar-refractivity contribution is 7.91. The first-order valence-corrected chi connectivity index (χ1v) is 11.9. The van der Waals surface area contributed by atoms with Gasteiger partial charge in [-0.15, -0.1) is 0 Å². The molecule has 0 aromatic heterocycles. The Morgan fingerprint density at radius 3 is 2.25 bits per heavy atom. The second kappa shape index (κ2) is 8.58. The Balaban J connectivity index is 1.98. The molecule has 1 aromatic carbocycles. The molecule has 1 fully saturated rings. The number of sulfone groups is 1. The van der Waals surface area contributed by atoms with Crippen LogP contribution in [0.1, 0.15) is 23.7 Å². The van der Waals surface area contributed by atoms with Crippen molar-refractivity contribution in [1.82, 2.24) is 9.21 Å². The van der Waals surface area contributed by atoms with Gasteiger partial charge in [0.15, 0.2) is 16.4 Å². The van der Waals surface area contributed by atoms with Crippen molar-refractivity contribution in [2.75, 3.05) is 38.8 Å². The van der Waals surface area contributed by atoms with E-state index in [4.69, 9.17) is 4.74 Å². The number of hydrogen-bond donors (Lipinski definition) is 0. The van der Waals surface area contributed by atoms with E-state index in [1.54, 1.807) is 6.92 Å². The summed E-state index contributed by atoms with van der Waals surface area (Å²) >= 11 is 0. The van der Waals surface area contributed by atoms with Crippen LogP contribution in [-0.2, 0) is 29.4 Å². The van der Waals surface area contributed by atoms with Gasteiger partial charge >= 0.3 is 5.97 Å². The van der Waals surface area contributed by atoms with E-state index in [1.165, 1.54) is 43.3 Å². The molecule has 0 N–H and O–H groups in total. The first-order chi connectivity index (χ1) is 13.0. The van der Waals surface area contributed by atoms with Crippen LogP contribution in [0.3, 0.4) is 0 Å². The molecular weight excluding hydrogens is 408 g/mol. The van der Waals surface area contributed by atoms with Gasteiger partial charge < -0.3 is 9.64 Å². The maximum absolute atomic E-state index is 12.3. The van der Waals surface area contributed by atoms with Gasteiger partial charge in [0, 0.05) is 26.7 Å². The van der Waals surface area contributed by atoms with E-state index in [2.05, 4.69) is 0 Å². The summed E-state index contributed by atoms with van der Waals surface area (Å²) in [7, 11) is -3.94. The minimum absolute atomic E-state index is 0.0322. The predicted octanol–water partition coefficient (Wildman–Crippen LogP) is 0.129. The lowest BCUT2D eigenvalue weighted by Crippen LogP contribution is -2.43. The lowest BCUT2D eigenvalue weighted by atomic mass is 10.2. The van der Waals surface area contributed by atoms with Crippen LogP contribution < -0.4 is 0 Å². The van der Waals surface area contributed by atoms with E-state index in [0.29, 0.717) is 13.0 Å². The Hall–Kier alpha value is -1.98. The molecule has 1 aromatic rings. The predicted molar refractivity (Wildman–Crippen MR) is 102 cm³/mol. The molecule has 9 nitrogen and oxygen atoms in total. The van der Waals surface area contributed by atoms with Crippen molar-refractivity contribution in [2.24, 2.45) is 0 Å². The highest BCUT2D eigenvalue weighted by Gasteiger charge is 2.34. The van der Waals surface area contributed by atoms with Gasteiger partial charge in [0.2, 0.25) is 10.0 Å². The molecule has 28 heavy (non-hydrogen) atoms. The van der Waals surface area contributed by atoms with Crippen LogP contribution in [0.4, 0.5) is 0 Å². The third kappa shape index (κ3) is 5.09. The summed E-state index contributed by atoms with van der Waals surface area (Å²) in [4.78, 5) is 25.9. The monoisotopic (exact) mass is 432 g/mol. The van der Waals surface area contributed by atoms with Crippen LogP contribution in [0.15, 0.2) is 29.2 Å². The Kier molecular flexibility index (Phi) is 6.84. The van der Waals surface area contributed by atoms with E-state index in [0.717, 1.165) is 4.31 Å². The fraction of sp³-hybridized carbons (Fsp3) is 0.529. The Morgan fingerprint density at radius 2 is 1.79 bits per heavy atom. The zero-order chi connectivity index (χ0) is 21.1. The fourth-order valence-corrected chi connectivity index (χ4v) is 5.56. The van der Waals surface area contributed by atoms with Crippen LogP contribution in [-0.4, -0.2) is 82.7 Å². The molecule has 11 heteroatoms. The quantitative estimate of drug-likeness (QED) is 0.562. The number of benzene rings is 1. The van der Waals surface area contributed by atoms with Gasteiger partial charge in [-0.05, 0) is 37.6 Å². The first kappa shape index (κ1) is 22.3. The molecular formula is C17H24N2O7S2.